The fourth-order valence-electron chi connectivity index (χ4n) is 3.37. The molecule has 9 heteroatoms. The van der Waals surface area contributed by atoms with Gasteiger partial charge in [0, 0.05) is 24.4 Å². The molecule has 3 aliphatic rings. The van der Waals surface area contributed by atoms with Crippen molar-refractivity contribution in [2.45, 2.75) is 18.7 Å². The third-order valence-electron chi connectivity index (χ3n) is 4.47. The van der Waals surface area contributed by atoms with E-state index in [2.05, 4.69) is 0 Å². The van der Waals surface area contributed by atoms with Crippen molar-refractivity contribution in [2.24, 2.45) is 0 Å². The first kappa shape index (κ1) is 16.0. The van der Waals surface area contributed by atoms with Crippen LogP contribution in [-0.4, -0.2) is 49.2 Å². The van der Waals surface area contributed by atoms with Crippen molar-refractivity contribution in [1.82, 2.24) is 4.90 Å². The molecule has 0 spiro atoms. The van der Waals surface area contributed by atoms with Gasteiger partial charge in [-0.3, -0.25) is 4.79 Å². The summed E-state index contributed by atoms with van der Waals surface area (Å²) in [6.07, 6.45) is 0. The van der Waals surface area contributed by atoms with Gasteiger partial charge in [-0.15, -0.1) is 0 Å². The number of carbonyl (C=O) groups is 2. The van der Waals surface area contributed by atoms with E-state index in [0.29, 0.717) is 41.7 Å². The number of anilines is 2. The second-order valence-electron chi connectivity index (χ2n) is 5.72. The van der Waals surface area contributed by atoms with Crippen LogP contribution in [0.25, 0.3) is 0 Å². The number of amides is 3. The molecule has 3 amide bonds. The van der Waals surface area contributed by atoms with Crippen LogP contribution >= 0.6 is 23.5 Å². The quantitative estimate of drug-likeness (QED) is 0.591. The predicted octanol–water partition coefficient (Wildman–Crippen LogP) is 2.63. The van der Waals surface area contributed by atoms with Gasteiger partial charge in [0.2, 0.25) is 0 Å². The van der Waals surface area contributed by atoms with Gasteiger partial charge in [0.05, 0.1) is 29.6 Å². The van der Waals surface area contributed by atoms with Crippen molar-refractivity contribution in [3.8, 4) is 0 Å². The Labute approximate surface area is 147 Å². The Kier molecular flexibility index (Phi) is 3.85. The Morgan fingerprint density at radius 3 is 2.92 bits per heavy atom. The molecule has 128 valence electrons. The van der Waals surface area contributed by atoms with Crippen molar-refractivity contribution in [2.75, 3.05) is 35.5 Å². The summed E-state index contributed by atoms with van der Waals surface area (Å²) in [5.41, 5.74) is 1.30. The third kappa shape index (κ3) is 2.13. The van der Waals surface area contributed by atoms with Crippen LogP contribution in [0.5, 0.6) is 0 Å². The number of hydrogen-bond donors (Lipinski definition) is 0. The summed E-state index contributed by atoms with van der Waals surface area (Å²) in [6, 6.07) is 0.0171. The molecule has 4 rings (SSSR count). The Balaban J connectivity index is 1.84. The lowest BCUT2D eigenvalue weighted by Gasteiger charge is -2.26. The van der Waals surface area contributed by atoms with Gasteiger partial charge in [-0.05, 0) is 24.9 Å². The van der Waals surface area contributed by atoms with Crippen LogP contribution in [0.1, 0.15) is 12.5 Å². The van der Waals surface area contributed by atoms with Gasteiger partial charge in [0.25, 0.3) is 5.91 Å². The van der Waals surface area contributed by atoms with E-state index in [-0.39, 0.29) is 12.3 Å². The van der Waals surface area contributed by atoms with Crippen LogP contribution in [0.2, 0.25) is 5.02 Å². The van der Waals surface area contributed by atoms with Gasteiger partial charge >= 0.3 is 6.03 Å². The van der Waals surface area contributed by atoms with Crippen molar-refractivity contribution < 1.29 is 18.7 Å². The number of nitrogens with zero attached hydrogens (tertiary/aromatic N) is 3. The van der Waals surface area contributed by atoms with Crippen LogP contribution in [-0.2, 0) is 15.3 Å². The first-order valence-electron chi connectivity index (χ1n) is 7.68. The molecular weight excluding hydrogens is 357 g/mol. The molecule has 0 aliphatic carbocycles. The molecule has 1 aromatic carbocycles. The Bertz CT molecular complexity index is 723. The average molecular weight is 372 g/mol. The molecule has 2 saturated heterocycles. The summed E-state index contributed by atoms with van der Waals surface area (Å²) >= 11 is 7.70. The zero-order valence-electron chi connectivity index (χ0n) is 12.9. The van der Waals surface area contributed by atoms with E-state index in [1.807, 2.05) is 11.2 Å². The van der Waals surface area contributed by atoms with Gasteiger partial charge in [-0.25, -0.2) is 14.1 Å². The van der Waals surface area contributed by atoms with E-state index in [4.69, 9.17) is 16.3 Å². The highest BCUT2D eigenvalue weighted by atomic mass is 35.5. The fraction of sp³-hybridized carbons (Fsp3) is 0.467. The monoisotopic (exact) mass is 371 g/mol. The fourth-order valence-corrected chi connectivity index (χ4v) is 4.81. The van der Waals surface area contributed by atoms with E-state index in [1.54, 1.807) is 0 Å². The smallest absolute Gasteiger partial charge is 0.332 e. The summed E-state index contributed by atoms with van der Waals surface area (Å²) in [4.78, 5) is 27.8. The number of ether oxygens (including phenoxy) is 1. The molecule has 6 nitrogen and oxygen atoms in total. The maximum Gasteiger partial charge on any atom is 0.332 e. The van der Waals surface area contributed by atoms with E-state index < -0.39 is 23.8 Å². The van der Waals surface area contributed by atoms with E-state index in [9.17, 15) is 14.0 Å². The number of imide groups is 1. The molecular formula is C15H15ClFN3O3S. The van der Waals surface area contributed by atoms with Gasteiger partial charge in [-0.1, -0.05) is 11.6 Å². The molecule has 3 aliphatic heterocycles. The Morgan fingerprint density at radius 1 is 1.42 bits per heavy atom. The van der Waals surface area contributed by atoms with Gasteiger partial charge in [0.15, 0.2) is 0 Å². The molecule has 1 unspecified atom stereocenters. The summed E-state index contributed by atoms with van der Waals surface area (Å²) in [6.45, 7) is 3.51. The minimum absolute atomic E-state index is 0.0299. The number of hydrogen-bond acceptors (Lipinski definition) is 5. The predicted molar refractivity (Wildman–Crippen MR) is 89.9 cm³/mol. The number of morpholine rings is 1. The Morgan fingerprint density at radius 2 is 2.21 bits per heavy atom. The Hall–Kier alpha value is -1.51. The molecule has 3 heterocycles. The first-order valence-corrected chi connectivity index (χ1v) is 9.00. The second-order valence-corrected chi connectivity index (χ2v) is 7.12. The van der Waals surface area contributed by atoms with Crippen LogP contribution in [0.3, 0.4) is 0 Å². The summed E-state index contributed by atoms with van der Waals surface area (Å²) < 4.78 is 21.9. The minimum atomic E-state index is -0.673. The number of urea groups is 1. The van der Waals surface area contributed by atoms with Gasteiger partial charge in [0.1, 0.15) is 11.9 Å². The SMILES string of the molecule is CCN1SCc2c1c(Cl)cc(F)c2N1C(=O)C2COCCN2C1=O. The lowest BCUT2D eigenvalue weighted by Crippen LogP contribution is -2.45. The molecule has 0 radical (unpaired) electrons. The number of carbonyl (C=O) groups excluding carboxylic acids is 2. The molecule has 24 heavy (non-hydrogen) atoms. The number of halogens is 2. The minimum Gasteiger partial charge on any atom is -0.377 e. The van der Waals surface area contributed by atoms with Gasteiger partial charge < -0.3 is 13.9 Å². The average Bonchev–Trinajstić information content (AvgIpc) is 3.11. The number of rotatable bonds is 2. The van der Waals surface area contributed by atoms with Crippen molar-refractivity contribution in [1.29, 1.82) is 0 Å². The van der Waals surface area contributed by atoms with Gasteiger partial charge in [-0.2, -0.15) is 0 Å². The van der Waals surface area contributed by atoms with Crippen LogP contribution < -0.4 is 9.21 Å². The highest BCUT2D eigenvalue weighted by Crippen LogP contribution is 2.49. The third-order valence-corrected chi connectivity index (χ3v) is 5.93. The number of benzene rings is 1. The molecule has 0 aromatic heterocycles. The van der Waals surface area contributed by atoms with Crippen LogP contribution in [0, 0.1) is 5.82 Å². The topological polar surface area (TPSA) is 53.1 Å². The largest absolute Gasteiger partial charge is 0.377 e. The van der Waals surface area contributed by atoms with Crippen LogP contribution in [0.4, 0.5) is 20.6 Å². The highest BCUT2D eigenvalue weighted by Gasteiger charge is 2.49. The van der Waals surface area contributed by atoms with Crippen LogP contribution in [0.15, 0.2) is 6.07 Å². The lowest BCUT2D eigenvalue weighted by atomic mass is 10.1. The summed E-state index contributed by atoms with van der Waals surface area (Å²) in [7, 11) is 0. The maximum atomic E-state index is 14.7. The molecule has 1 aromatic rings. The normalized spacial score (nSPS) is 23.1. The zero-order valence-corrected chi connectivity index (χ0v) is 14.5. The molecule has 2 fully saturated rings. The maximum absolute atomic E-state index is 14.7. The first-order chi connectivity index (χ1) is 11.5. The molecule has 0 N–H and O–H groups in total. The molecule has 0 saturated carbocycles. The molecule has 1 atom stereocenters. The van der Waals surface area contributed by atoms with E-state index in [0.717, 1.165) is 4.90 Å². The highest BCUT2D eigenvalue weighted by molar-refractivity contribution is 8.00. The molecule has 0 bridgehead atoms. The van der Waals surface area contributed by atoms with E-state index in [1.165, 1.54) is 22.9 Å². The number of fused-ring (bicyclic) bond motifs is 2. The van der Waals surface area contributed by atoms with Crippen molar-refractivity contribution >= 4 is 46.9 Å². The standard InChI is InChI=1S/C15H15ClFN3O3S/c1-2-19-12-8(7-24-19)13(10(17)5-9(12)16)20-14(21)11-6-23-4-3-18(11)15(20)22/h5,11H,2-4,6-7H2,1H3. The van der Waals surface area contributed by atoms with E-state index >= 15 is 0 Å². The zero-order chi connectivity index (χ0) is 17.0. The van der Waals surface area contributed by atoms with Crippen molar-refractivity contribution in [3.05, 3.63) is 22.5 Å². The second kappa shape index (κ2) is 5.79. The summed E-state index contributed by atoms with van der Waals surface area (Å²) in [5.74, 6) is -0.628. The summed E-state index contributed by atoms with van der Waals surface area (Å²) in [5, 5.41) is 0.290. The lowest BCUT2D eigenvalue weighted by molar-refractivity contribution is -0.123. The van der Waals surface area contributed by atoms with Crippen molar-refractivity contribution in [3.63, 3.8) is 0 Å².